The van der Waals surface area contributed by atoms with Gasteiger partial charge in [0.05, 0.1) is 11.5 Å². The van der Waals surface area contributed by atoms with Gasteiger partial charge < -0.3 is 9.84 Å². The summed E-state index contributed by atoms with van der Waals surface area (Å²) in [5, 5.41) is 8.91. The number of para-hydroxylation sites is 1. The molecule has 0 atom stereocenters. The minimum absolute atomic E-state index is 0.0328. The van der Waals surface area contributed by atoms with Gasteiger partial charge in [-0.25, -0.2) is 13.2 Å². The van der Waals surface area contributed by atoms with Gasteiger partial charge in [0, 0.05) is 0 Å². The van der Waals surface area contributed by atoms with Crippen molar-refractivity contribution < 1.29 is 23.1 Å². The van der Waals surface area contributed by atoms with Crippen molar-refractivity contribution in [2.75, 3.05) is 18.1 Å². The highest BCUT2D eigenvalue weighted by Crippen LogP contribution is 2.17. The van der Waals surface area contributed by atoms with E-state index in [-0.39, 0.29) is 29.4 Å². The van der Waals surface area contributed by atoms with E-state index in [9.17, 15) is 13.2 Å². The number of carbonyl (C=O) groups is 1. The predicted molar refractivity (Wildman–Crippen MR) is 67.8 cm³/mol. The summed E-state index contributed by atoms with van der Waals surface area (Å²) in [6, 6.07) is 6.15. The van der Waals surface area contributed by atoms with E-state index in [4.69, 9.17) is 9.84 Å². The molecule has 1 N–H and O–H groups in total. The number of rotatable bonds is 7. The van der Waals surface area contributed by atoms with Crippen LogP contribution in [-0.2, 0) is 9.84 Å². The van der Waals surface area contributed by atoms with E-state index >= 15 is 0 Å². The lowest BCUT2D eigenvalue weighted by atomic mass is 10.2. The Morgan fingerprint density at radius 2 is 1.94 bits per heavy atom. The van der Waals surface area contributed by atoms with Crippen LogP contribution in [0.1, 0.15) is 23.7 Å². The van der Waals surface area contributed by atoms with E-state index in [1.165, 1.54) is 12.1 Å². The molecule has 0 fully saturated rings. The highest BCUT2D eigenvalue weighted by atomic mass is 32.2. The van der Waals surface area contributed by atoms with Gasteiger partial charge in [-0.3, -0.25) is 0 Å². The van der Waals surface area contributed by atoms with Crippen molar-refractivity contribution in [2.45, 2.75) is 13.3 Å². The Labute approximate surface area is 106 Å². The molecule has 0 saturated heterocycles. The second-order valence-electron chi connectivity index (χ2n) is 3.80. The summed E-state index contributed by atoms with van der Waals surface area (Å²) in [5.41, 5.74) is 0.0328. The monoisotopic (exact) mass is 272 g/mol. The minimum atomic E-state index is -3.11. The highest BCUT2D eigenvalue weighted by Gasteiger charge is 2.12. The second kappa shape index (κ2) is 6.39. The molecule has 0 unspecified atom stereocenters. The molecule has 5 nitrogen and oxygen atoms in total. The topological polar surface area (TPSA) is 80.7 Å². The fraction of sp³-hybridized carbons (Fsp3) is 0.417. The van der Waals surface area contributed by atoms with Crippen molar-refractivity contribution in [3.8, 4) is 5.75 Å². The quantitative estimate of drug-likeness (QED) is 0.815. The van der Waals surface area contributed by atoms with E-state index in [2.05, 4.69) is 0 Å². The lowest BCUT2D eigenvalue weighted by Gasteiger charge is -2.08. The molecule has 1 aromatic rings. The Kier molecular flexibility index (Phi) is 5.15. The van der Waals surface area contributed by atoms with Crippen molar-refractivity contribution >= 4 is 15.8 Å². The van der Waals surface area contributed by atoms with Crippen LogP contribution in [0.25, 0.3) is 0 Å². The lowest BCUT2D eigenvalue weighted by molar-refractivity contribution is 0.0692. The molecular weight excluding hydrogens is 256 g/mol. The molecular formula is C12H16O5S. The first kappa shape index (κ1) is 14.5. The van der Waals surface area contributed by atoms with Crippen LogP contribution in [0.5, 0.6) is 5.75 Å². The normalized spacial score (nSPS) is 11.2. The first-order valence-electron chi connectivity index (χ1n) is 5.62. The van der Waals surface area contributed by atoms with Gasteiger partial charge in [0.2, 0.25) is 0 Å². The van der Waals surface area contributed by atoms with Crippen LogP contribution in [0, 0.1) is 0 Å². The number of sulfone groups is 1. The molecule has 0 radical (unpaired) electrons. The third kappa shape index (κ3) is 4.37. The van der Waals surface area contributed by atoms with Crippen molar-refractivity contribution in [1.82, 2.24) is 0 Å². The van der Waals surface area contributed by atoms with E-state index < -0.39 is 15.8 Å². The van der Waals surface area contributed by atoms with Gasteiger partial charge in [-0.15, -0.1) is 0 Å². The molecule has 0 heterocycles. The first-order valence-corrected chi connectivity index (χ1v) is 7.44. The van der Waals surface area contributed by atoms with Gasteiger partial charge in [0.1, 0.15) is 17.9 Å². The Morgan fingerprint density at radius 1 is 1.28 bits per heavy atom. The standard InChI is InChI=1S/C12H16O5S/c1-2-8-18(15,16)9-7-17-11-6-4-3-5-10(11)12(13)14/h3-6H,2,7-9H2,1H3,(H,13,14). The molecule has 0 aliphatic carbocycles. The molecule has 0 aliphatic rings. The molecule has 0 aromatic heterocycles. The summed E-state index contributed by atoms with van der Waals surface area (Å²) < 4.78 is 28.1. The molecule has 18 heavy (non-hydrogen) atoms. The molecule has 1 aromatic carbocycles. The first-order chi connectivity index (χ1) is 8.46. The number of carboxylic acids is 1. The number of carboxylic acid groups (broad SMARTS) is 1. The van der Waals surface area contributed by atoms with Crippen LogP contribution in [0.2, 0.25) is 0 Å². The van der Waals surface area contributed by atoms with Crippen LogP contribution < -0.4 is 4.74 Å². The summed E-state index contributed by atoms with van der Waals surface area (Å²) in [6.07, 6.45) is 0.564. The number of ether oxygens (including phenoxy) is 1. The van der Waals surface area contributed by atoms with E-state index in [0.717, 1.165) is 0 Å². The van der Waals surface area contributed by atoms with Gasteiger partial charge in [-0.1, -0.05) is 19.1 Å². The van der Waals surface area contributed by atoms with Gasteiger partial charge in [0.25, 0.3) is 0 Å². The summed E-state index contributed by atoms with van der Waals surface area (Å²) in [5.74, 6) is -0.884. The number of hydrogen-bond donors (Lipinski definition) is 1. The third-order valence-electron chi connectivity index (χ3n) is 2.28. The zero-order chi connectivity index (χ0) is 13.6. The maximum absolute atomic E-state index is 11.4. The van der Waals surface area contributed by atoms with Crippen LogP contribution in [0.4, 0.5) is 0 Å². The molecule has 0 aliphatic heterocycles. The lowest BCUT2D eigenvalue weighted by Crippen LogP contribution is -2.17. The van der Waals surface area contributed by atoms with Gasteiger partial charge in [0.15, 0.2) is 9.84 Å². The molecule has 1 rings (SSSR count). The number of benzene rings is 1. The van der Waals surface area contributed by atoms with Crippen molar-refractivity contribution in [3.05, 3.63) is 29.8 Å². The van der Waals surface area contributed by atoms with E-state index in [1.54, 1.807) is 19.1 Å². The Balaban J connectivity index is 2.62. The third-order valence-corrected chi connectivity index (χ3v) is 4.10. The molecule has 0 spiro atoms. The smallest absolute Gasteiger partial charge is 0.339 e. The van der Waals surface area contributed by atoms with Gasteiger partial charge >= 0.3 is 5.97 Å². The Bertz CT molecular complexity index is 507. The summed E-state index contributed by atoms with van der Waals surface area (Å²) >= 11 is 0. The fourth-order valence-electron chi connectivity index (χ4n) is 1.46. The maximum atomic E-state index is 11.4. The minimum Gasteiger partial charge on any atom is -0.492 e. The van der Waals surface area contributed by atoms with E-state index in [0.29, 0.717) is 6.42 Å². The Hall–Kier alpha value is -1.56. The molecule has 0 amide bonds. The maximum Gasteiger partial charge on any atom is 0.339 e. The molecule has 0 saturated carbocycles. The van der Waals surface area contributed by atoms with E-state index in [1.807, 2.05) is 0 Å². The molecule has 0 bridgehead atoms. The Morgan fingerprint density at radius 3 is 2.56 bits per heavy atom. The average Bonchev–Trinajstić information content (AvgIpc) is 2.29. The highest BCUT2D eigenvalue weighted by molar-refractivity contribution is 7.91. The summed E-state index contributed by atoms with van der Waals surface area (Å²) in [7, 11) is -3.11. The summed E-state index contributed by atoms with van der Waals surface area (Å²) in [6.45, 7) is 1.75. The predicted octanol–water partition coefficient (Wildman–Crippen LogP) is 1.59. The van der Waals surface area contributed by atoms with Crippen LogP contribution in [-0.4, -0.2) is 37.6 Å². The average molecular weight is 272 g/mol. The SMILES string of the molecule is CCCS(=O)(=O)CCOc1ccccc1C(=O)O. The van der Waals surface area contributed by atoms with Crippen LogP contribution >= 0.6 is 0 Å². The largest absolute Gasteiger partial charge is 0.492 e. The fourth-order valence-corrected chi connectivity index (χ4v) is 2.62. The van der Waals surface area contributed by atoms with Gasteiger partial charge in [-0.05, 0) is 18.6 Å². The van der Waals surface area contributed by atoms with Gasteiger partial charge in [-0.2, -0.15) is 0 Å². The molecule has 6 heteroatoms. The van der Waals surface area contributed by atoms with Crippen molar-refractivity contribution in [1.29, 1.82) is 0 Å². The zero-order valence-corrected chi connectivity index (χ0v) is 10.9. The van der Waals surface area contributed by atoms with Crippen molar-refractivity contribution in [2.24, 2.45) is 0 Å². The zero-order valence-electron chi connectivity index (χ0n) is 10.1. The second-order valence-corrected chi connectivity index (χ2v) is 6.11. The van der Waals surface area contributed by atoms with Crippen LogP contribution in [0.3, 0.4) is 0 Å². The van der Waals surface area contributed by atoms with Crippen LogP contribution in [0.15, 0.2) is 24.3 Å². The number of aromatic carboxylic acids is 1. The molecule has 100 valence electrons. The summed E-state index contributed by atoms with van der Waals surface area (Å²) in [4.78, 5) is 10.9. The number of hydrogen-bond acceptors (Lipinski definition) is 4. The van der Waals surface area contributed by atoms with Crippen molar-refractivity contribution in [3.63, 3.8) is 0 Å².